The number of nitrogens with zero attached hydrogens (tertiary/aromatic N) is 1. The van der Waals surface area contributed by atoms with Gasteiger partial charge in [0.2, 0.25) is 5.91 Å². The maximum Gasteiger partial charge on any atom is 0.219 e. The normalized spacial score (nSPS) is 27.6. The Bertz CT molecular complexity index is 271. The summed E-state index contributed by atoms with van der Waals surface area (Å²) < 4.78 is 0. The maximum absolute atomic E-state index is 11.2. The van der Waals surface area contributed by atoms with E-state index in [1.165, 1.54) is 46.0 Å². The number of hydrogen-bond acceptors (Lipinski definition) is 2. The summed E-state index contributed by atoms with van der Waals surface area (Å²) in [5.41, 5.74) is 0. The van der Waals surface area contributed by atoms with Crippen molar-refractivity contribution < 1.29 is 9.59 Å². The van der Waals surface area contributed by atoms with Crippen LogP contribution in [0, 0.1) is 11.8 Å². The van der Waals surface area contributed by atoms with E-state index < -0.39 is 0 Å². The van der Waals surface area contributed by atoms with Crippen LogP contribution in [0.3, 0.4) is 0 Å². The Labute approximate surface area is 105 Å². The number of piperidine rings is 1. The summed E-state index contributed by atoms with van der Waals surface area (Å²) in [6.07, 6.45) is 6.82. The van der Waals surface area contributed by atoms with Gasteiger partial charge in [0.25, 0.3) is 0 Å². The molecule has 0 aromatic rings. The van der Waals surface area contributed by atoms with Crippen LogP contribution in [0.15, 0.2) is 0 Å². The van der Waals surface area contributed by atoms with Crippen LogP contribution in [-0.4, -0.2) is 29.7 Å². The van der Waals surface area contributed by atoms with Crippen LogP contribution in [-0.2, 0) is 9.59 Å². The molecule has 2 atom stereocenters. The molecule has 1 saturated carbocycles. The predicted octanol–water partition coefficient (Wildman–Crippen LogP) is 2.64. The van der Waals surface area contributed by atoms with Crippen LogP contribution in [0.4, 0.5) is 0 Å². The topological polar surface area (TPSA) is 37.4 Å². The van der Waals surface area contributed by atoms with Crippen molar-refractivity contribution in [2.45, 2.75) is 52.9 Å². The van der Waals surface area contributed by atoms with Crippen molar-refractivity contribution in [1.82, 2.24) is 4.90 Å². The molecule has 2 aliphatic rings. The third-order valence-electron chi connectivity index (χ3n) is 3.74. The highest BCUT2D eigenvalue weighted by Gasteiger charge is 2.31. The van der Waals surface area contributed by atoms with E-state index in [0.717, 1.165) is 24.9 Å². The molecular formula is C14H25NO2. The Balaban J connectivity index is 0.000000317. The first kappa shape index (κ1) is 14.2. The molecule has 1 amide bonds. The zero-order chi connectivity index (χ0) is 12.8. The molecular weight excluding hydrogens is 214 g/mol. The molecule has 3 nitrogen and oxygen atoms in total. The van der Waals surface area contributed by atoms with Gasteiger partial charge >= 0.3 is 0 Å². The molecule has 1 heterocycles. The molecule has 2 fully saturated rings. The summed E-state index contributed by atoms with van der Waals surface area (Å²) in [6, 6.07) is 0. The van der Waals surface area contributed by atoms with Crippen molar-refractivity contribution in [3.8, 4) is 0 Å². The number of fused-ring (bicyclic) bond motifs is 1. The minimum Gasteiger partial charge on any atom is -0.343 e. The van der Waals surface area contributed by atoms with Crippen molar-refractivity contribution in [2.24, 2.45) is 11.8 Å². The number of likely N-dealkylation sites (tertiary alicyclic amines) is 1. The predicted molar refractivity (Wildman–Crippen MR) is 68.7 cm³/mol. The fourth-order valence-corrected chi connectivity index (χ4v) is 2.89. The zero-order valence-electron chi connectivity index (χ0n) is 11.4. The Hall–Kier alpha value is -0.860. The fraction of sp³-hybridized carbons (Fsp3) is 0.857. The number of rotatable bonds is 0. The lowest BCUT2D eigenvalue weighted by Gasteiger charge is -2.40. The second-order valence-electron chi connectivity index (χ2n) is 5.47. The third kappa shape index (κ3) is 4.88. The van der Waals surface area contributed by atoms with Gasteiger partial charge in [0.15, 0.2) is 0 Å². The van der Waals surface area contributed by atoms with Crippen molar-refractivity contribution in [1.29, 1.82) is 0 Å². The molecule has 3 heteroatoms. The quantitative estimate of drug-likeness (QED) is 0.651. The highest BCUT2D eigenvalue weighted by molar-refractivity contribution is 5.73. The molecule has 1 aliphatic carbocycles. The standard InChI is InChI=1S/C11H19NO.C3H6O/c1-9(13)12-7-6-10-4-2-3-5-11(10)8-12;1-3(2)4/h10-11H,2-8H2,1H3;1-2H3. The van der Waals surface area contributed by atoms with E-state index in [9.17, 15) is 9.59 Å². The molecule has 2 unspecified atom stereocenters. The number of ketones is 1. The van der Waals surface area contributed by atoms with Gasteiger partial charge in [-0.1, -0.05) is 19.3 Å². The SMILES string of the molecule is CC(=O)N1CCC2CCCCC2C1.CC(C)=O. The van der Waals surface area contributed by atoms with Gasteiger partial charge < -0.3 is 9.69 Å². The van der Waals surface area contributed by atoms with Gasteiger partial charge in [-0.3, -0.25) is 4.79 Å². The average molecular weight is 239 g/mol. The van der Waals surface area contributed by atoms with Gasteiger partial charge in [0.1, 0.15) is 5.78 Å². The van der Waals surface area contributed by atoms with Gasteiger partial charge in [0, 0.05) is 20.0 Å². The Morgan fingerprint density at radius 2 is 1.47 bits per heavy atom. The zero-order valence-corrected chi connectivity index (χ0v) is 11.4. The van der Waals surface area contributed by atoms with Crippen molar-refractivity contribution in [3.05, 3.63) is 0 Å². The van der Waals surface area contributed by atoms with Crippen LogP contribution in [0.25, 0.3) is 0 Å². The van der Waals surface area contributed by atoms with Crippen molar-refractivity contribution in [3.63, 3.8) is 0 Å². The van der Waals surface area contributed by atoms with Gasteiger partial charge in [-0.2, -0.15) is 0 Å². The van der Waals surface area contributed by atoms with Crippen LogP contribution in [0.1, 0.15) is 52.9 Å². The van der Waals surface area contributed by atoms with Gasteiger partial charge in [0.05, 0.1) is 0 Å². The maximum atomic E-state index is 11.2. The summed E-state index contributed by atoms with van der Waals surface area (Å²) in [7, 11) is 0. The molecule has 17 heavy (non-hydrogen) atoms. The number of hydrogen-bond donors (Lipinski definition) is 0. The molecule has 1 saturated heterocycles. The summed E-state index contributed by atoms with van der Waals surface area (Å²) in [5.74, 6) is 2.19. The number of amides is 1. The molecule has 0 aromatic heterocycles. The minimum absolute atomic E-state index is 0.167. The smallest absolute Gasteiger partial charge is 0.219 e. The Morgan fingerprint density at radius 1 is 0.941 bits per heavy atom. The van der Waals surface area contributed by atoms with E-state index in [4.69, 9.17) is 0 Å². The molecule has 0 spiro atoms. The molecule has 2 rings (SSSR count). The largest absolute Gasteiger partial charge is 0.343 e. The first-order valence-corrected chi connectivity index (χ1v) is 6.73. The number of Topliss-reactive ketones (excluding diaryl/α,β-unsaturated/α-hetero) is 1. The van der Waals surface area contributed by atoms with Crippen LogP contribution in [0.2, 0.25) is 0 Å². The van der Waals surface area contributed by atoms with Crippen LogP contribution >= 0.6 is 0 Å². The molecule has 0 N–H and O–H groups in total. The minimum atomic E-state index is 0.167. The van der Waals surface area contributed by atoms with Crippen LogP contribution < -0.4 is 0 Å². The highest BCUT2D eigenvalue weighted by Crippen LogP contribution is 2.35. The average Bonchev–Trinajstić information content (AvgIpc) is 2.27. The number of carbonyl (C=O) groups excluding carboxylic acids is 2. The molecule has 98 valence electrons. The number of carbonyl (C=O) groups is 2. The Morgan fingerprint density at radius 3 is 2.00 bits per heavy atom. The first-order valence-electron chi connectivity index (χ1n) is 6.73. The van der Waals surface area contributed by atoms with Crippen molar-refractivity contribution >= 4 is 11.7 Å². The molecule has 0 aromatic carbocycles. The lowest BCUT2D eigenvalue weighted by Crippen LogP contribution is -2.43. The van der Waals surface area contributed by atoms with E-state index in [2.05, 4.69) is 0 Å². The monoisotopic (exact) mass is 239 g/mol. The summed E-state index contributed by atoms with van der Waals surface area (Å²) >= 11 is 0. The van der Waals surface area contributed by atoms with E-state index in [0.29, 0.717) is 0 Å². The molecule has 1 aliphatic heterocycles. The van der Waals surface area contributed by atoms with E-state index in [-0.39, 0.29) is 11.7 Å². The second-order valence-corrected chi connectivity index (χ2v) is 5.47. The molecule has 0 bridgehead atoms. The first-order chi connectivity index (χ1) is 8.00. The fourth-order valence-electron chi connectivity index (χ4n) is 2.89. The van der Waals surface area contributed by atoms with Crippen LogP contribution in [0.5, 0.6) is 0 Å². The summed E-state index contributed by atoms with van der Waals surface area (Å²) in [6.45, 7) is 6.81. The van der Waals surface area contributed by atoms with E-state index in [1.54, 1.807) is 6.92 Å². The van der Waals surface area contributed by atoms with E-state index in [1.807, 2.05) is 4.90 Å². The molecule has 0 radical (unpaired) electrons. The van der Waals surface area contributed by atoms with Gasteiger partial charge in [-0.25, -0.2) is 0 Å². The lowest BCUT2D eigenvalue weighted by molar-refractivity contribution is -0.131. The van der Waals surface area contributed by atoms with E-state index >= 15 is 0 Å². The summed E-state index contributed by atoms with van der Waals surface area (Å²) in [4.78, 5) is 22.7. The Kier molecular flexibility index (Phi) is 5.66. The summed E-state index contributed by atoms with van der Waals surface area (Å²) in [5, 5.41) is 0. The lowest BCUT2D eigenvalue weighted by atomic mass is 9.75. The van der Waals surface area contributed by atoms with Gasteiger partial charge in [-0.15, -0.1) is 0 Å². The van der Waals surface area contributed by atoms with Gasteiger partial charge in [-0.05, 0) is 38.5 Å². The second kappa shape index (κ2) is 6.77. The van der Waals surface area contributed by atoms with Crippen molar-refractivity contribution in [2.75, 3.05) is 13.1 Å². The highest BCUT2D eigenvalue weighted by atomic mass is 16.2. The third-order valence-corrected chi connectivity index (χ3v) is 3.74.